The third kappa shape index (κ3) is 4.12. The second-order valence-corrected chi connectivity index (χ2v) is 5.90. The highest BCUT2D eigenvalue weighted by molar-refractivity contribution is 7.98. The van der Waals surface area contributed by atoms with Crippen LogP contribution in [0.2, 0.25) is 0 Å². The van der Waals surface area contributed by atoms with Gasteiger partial charge in [-0.3, -0.25) is 9.63 Å². The molecule has 2 aromatic carbocycles. The minimum absolute atomic E-state index is 0.280. The maximum Gasteiger partial charge on any atom is 0.277 e. The van der Waals surface area contributed by atoms with Crippen molar-refractivity contribution in [2.75, 3.05) is 19.9 Å². The van der Waals surface area contributed by atoms with Crippen molar-refractivity contribution in [1.82, 2.24) is 5.06 Å². The first-order valence-electron chi connectivity index (χ1n) is 6.99. The van der Waals surface area contributed by atoms with Gasteiger partial charge >= 0.3 is 0 Å². The van der Waals surface area contributed by atoms with Crippen LogP contribution in [0.15, 0.2) is 47.4 Å². The first-order valence-corrected chi connectivity index (χ1v) is 7.98. The highest BCUT2D eigenvalue weighted by Gasteiger charge is 2.16. The van der Waals surface area contributed by atoms with E-state index in [-0.39, 0.29) is 5.91 Å². The lowest BCUT2D eigenvalue weighted by molar-refractivity contribution is -0.0757. The third-order valence-electron chi connectivity index (χ3n) is 3.37. The van der Waals surface area contributed by atoms with E-state index < -0.39 is 0 Å². The number of benzene rings is 2. The standard InChI is InChI=1S/C17H19N3O2S/c1-20(22-2)17(21)13-8-14(10-18)16(19)15(9-13)23-11-12-6-4-3-5-7-12/h3-10,18H,11,19H2,1-2H3. The predicted molar refractivity (Wildman–Crippen MR) is 93.8 cm³/mol. The Morgan fingerprint density at radius 2 is 2.04 bits per heavy atom. The van der Waals surface area contributed by atoms with Crippen LogP contribution in [0, 0.1) is 5.41 Å². The van der Waals surface area contributed by atoms with E-state index >= 15 is 0 Å². The van der Waals surface area contributed by atoms with Crippen LogP contribution in [0.1, 0.15) is 21.5 Å². The van der Waals surface area contributed by atoms with Crippen molar-refractivity contribution in [3.63, 3.8) is 0 Å². The molecule has 1 amide bonds. The van der Waals surface area contributed by atoms with Gasteiger partial charge in [-0.15, -0.1) is 11.8 Å². The molecule has 0 aliphatic rings. The van der Waals surface area contributed by atoms with Gasteiger partial charge in [0.2, 0.25) is 0 Å². The summed E-state index contributed by atoms with van der Waals surface area (Å²) in [6.07, 6.45) is 1.16. The van der Waals surface area contributed by atoms with Crippen LogP contribution in [-0.4, -0.2) is 31.3 Å². The van der Waals surface area contributed by atoms with Crippen LogP contribution >= 0.6 is 11.8 Å². The summed E-state index contributed by atoms with van der Waals surface area (Å²) in [7, 11) is 2.97. The quantitative estimate of drug-likeness (QED) is 0.369. The molecular formula is C17H19N3O2S. The van der Waals surface area contributed by atoms with Crippen molar-refractivity contribution in [3.05, 3.63) is 59.2 Å². The first-order chi connectivity index (χ1) is 11.1. The van der Waals surface area contributed by atoms with Gasteiger partial charge < -0.3 is 11.1 Å². The minimum atomic E-state index is -0.280. The van der Waals surface area contributed by atoms with E-state index in [1.807, 2.05) is 30.3 Å². The van der Waals surface area contributed by atoms with E-state index in [9.17, 15) is 4.79 Å². The van der Waals surface area contributed by atoms with Gasteiger partial charge in [-0.2, -0.15) is 0 Å². The number of carbonyl (C=O) groups excluding carboxylic acids is 1. The zero-order valence-corrected chi connectivity index (χ0v) is 13.9. The third-order valence-corrected chi connectivity index (χ3v) is 4.50. The fourth-order valence-corrected chi connectivity index (χ4v) is 3.01. The lowest BCUT2D eigenvalue weighted by atomic mass is 10.1. The van der Waals surface area contributed by atoms with Crippen LogP contribution in [0.25, 0.3) is 0 Å². The number of hydrogen-bond acceptors (Lipinski definition) is 5. The van der Waals surface area contributed by atoms with Gasteiger partial charge in [-0.1, -0.05) is 30.3 Å². The van der Waals surface area contributed by atoms with Crippen LogP contribution < -0.4 is 5.73 Å². The molecular weight excluding hydrogens is 310 g/mol. The molecule has 120 valence electrons. The Hall–Kier alpha value is -2.31. The highest BCUT2D eigenvalue weighted by Crippen LogP contribution is 2.31. The first kappa shape index (κ1) is 17.1. The van der Waals surface area contributed by atoms with Crippen molar-refractivity contribution in [1.29, 1.82) is 5.41 Å². The zero-order chi connectivity index (χ0) is 16.8. The number of nitrogens with two attached hydrogens (primary N) is 1. The molecule has 0 fully saturated rings. The molecule has 0 spiro atoms. The molecule has 0 aliphatic heterocycles. The smallest absolute Gasteiger partial charge is 0.277 e. The zero-order valence-electron chi connectivity index (χ0n) is 13.1. The maximum absolute atomic E-state index is 12.3. The number of nitrogen functional groups attached to an aromatic ring is 1. The topological polar surface area (TPSA) is 79.4 Å². The predicted octanol–water partition coefficient (Wildman–Crippen LogP) is 3.19. The van der Waals surface area contributed by atoms with E-state index in [1.54, 1.807) is 30.9 Å². The number of rotatable bonds is 6. The van der Waals surface area contributed by atoms with Crippen LogP contribution in [0.3, 0.4) is 0 Å². The summed E-state index contributed by atoms with van der Waals surface area (Å²) in [6, 6.07) is 13.4. The number of hydroxylamine groups is 2. The Morgan fingerprint density at radius 1 is 1.35 bits per heavy atom. The monoisotopic (exact) mass is 329 g/mol. The molecule has 6 heteroatoms. The van der Waals surface area contributed by atoms with Gasteiger partial charge in [0, 0.05) is 35.0 Å². The molecule has 0 saturated heterocycles. The molecule has 0 saturated carbocycles. The average molecular weight is 329 g/mol. The van der Waals surface area contributed by atoms with Gasteiger partial charge in [0.15, 0.2) is 0 Å². The molecule has 2 rings (SSSR count). The second-order valence-electron chi connectivity index (χ2n) is 4.88. The lowest BCUT2D eigenvalue weighted by Gasteiger charge is -2.16. The average Bonchev–Trinajstić information content (AvgIpc) is 2.60. The maximum atomic E-state index is 12.3. The van der Waals surface area contributed by atoms with Gasteiger partial charge in [-0.05, 0) is 17.7 Å². The second kappa shape index (κ2) is 7.80. The summed E-state index contributed by atoms with van der Waals surface area (Å²) in [5, 5.41) is 8.64. The summed E-state index contributed by atoms with van der Waals surface area (Å²) < 4.78 is 0. The lowest BCUT2D eigenvalue weighted by Crippen LogP contribution is -2.25. The molecule has 0 radical (unpaired) electrons. The molecule has 0 atom stereocenters. The summed E-state index contributed by atoms with van der Waals surface area (Å²) in [6.45, 7) is 0. The van der Waals surface area contributed by atoms with E-state index in [0.717, 1.165) is 21.9 Å². The molecule has 2 aromatic rings. The summed E-state index contributed by atoms with van der Waals surface area (Å²) in [5.41, 5.74) is 8.75. The molecule has 5 nitrogen and oxygen atoms in total. The summed E-state index contributed by atoms with van der Waals surface area (Å²) >= 11 is 1.54. The van der Waals surface area contributed by atoms with Crippen LogP contribution in [0.5, 0.6) is 0 Å². The number of nitrogens with zero attached hydrogens (tertiary/aromatic N) is 1. The fourth-order valence-electron chi connectivity index (χ4n) is 2.01. The Kier molecular flexibility index (Phi) is 5.78. The Balaban J connectivity index is 2.30. The number of nitrogens with one attached hydrogen (secondary N) is 1. The number of thioether (sulfide) groups is 1. The Morgan fingerprint density at radius 3 is 2.65 bits per heavy atom. The van der Waals surface area contributed by atoms with Gasteiger partial charge in [-0.25, -0.2) is 5.06 Å². The SMILES string of the molecule is CON(C)C(=O)c1cc(C=N)c(N)c(SCc2ccccc2)c1. The van der Waals surface area contributed by atoms with E-state index in [1.165, 1.54) is 12.7 Å². The van der Waals surface area contributed by atoms with Crippen molar-refractivity contribution in [2.24, 2.45) is 0 Å². The van der Waals surface area contributed by atoms with Crippen LogP contribution in [0.4, 0.5) is 5.69 Å². The molecule has 0 unspecified atom stereocenters. The van der Waals surface area contributed by atoms with Gasteiger partial charge in [0.05, 0.1) is 12.8 Å². The molecule has 0 heterocycles. The number of amides is 1. The van der Waals surface area contributed by atoms with E-state index in [4.69, 9.17) is 16.0 Å². The normalized spacial score (nSPS) is 10.3. The molecule has 0 bridgehead atoms. The number of hydrogen-bond donors (Lipinski definition) is 2. The Bertz CT molecular complexity index is 704. The van der Waals surface area contributed by atoms with E-state index in [2.05, 4.69) is 0 Å². The van der Waals surface area contributed by atoms with Crippen molar-refractivity contribution in [3.8, 4) is 0 Å². The summed E-state index contributed by atoms with van der Waals surface area (Å²) in [5.74, 6) is 0.456. The molecule has 3 N–H and O–H groups in total. The minimum Gasteiger partial charge on any atom is -0.397 e. The molecule has 23 heavy (non-hydrogen) atoms. The molecule has 0 aliphatic carbocycles. The van der Waals surface area contributed by atoms with Gasteiger partial charge in [0.1, 0.15) is 0 Å². The van der Waals surface area contributed by atoms with Crippen molar-refractivity contribution < 1.29 is 9.63 Å². The number of anilines is 1. The van der Waals surface area contributed by atoms with Crippen molar-refractivity contribution in [2.45, 2.75) is 10.6 Å². The van der Waals surface area contributed by atoms with E-state index in [0.29, 0.717) is 16.8 Å². The molecule has 0 aromatic heterocycles. The largest absolute Gasteiger partial charge is 0.397 e. The summed E-state index contributed by atoms with van der Waals surface area (Å²) in [4.78, 5) is 18.0. The van der Waals surface area contributed by atoms with Crippen molar-refractivity contribution >= 4 is 29.6 Å². The Labute approximate surface area is 139 Å². The highest BCUT2D eigenvalue weighted by atomic mass is 32.2. The fraction of sp³-hybridized carbons (Fsp3) is 0.176. The van der Waals surface area contributed by atoms with Gasteiger partial charge in [0.25, 0.3) is 5.91 Å². The number of carbonyl (C=O) groups is 1. The van der Waals surface area contributed by atoms with Crippen LogP contribution in [-0.2, 0) is 10.6 Å².